The average molecular weight is 369 g/mol. The molecule has 0 radical (unpaired) electrons. The second-order valence-electron chi connectivity index (χ2n) is 4.53. The van der Waals surface area contributed by atoms with E-state index in [-0.39, 0.29) is 23.2 Å². The van der Waals surface area contributed by atoms with Crippen LogP contribution in [0.1, 0.15) is 28.2 Å². The van der Waals surface area contributed by atoms with Crippen LogP contribution in [0.3, 0.4) is 0 Å². The molecule has 7 heteroatoms. The molecular formula is C14H13BrN2O3S. The van der Waals surface area contributed by atoms with Crippen molar-refractivity contribution in [3.05, 3.63) is 60.7 Å². The third-order valence-corrected chi connectivity index (χ3v) is 4.98. The molecule has 1 atom stereocenters. The maximum Gasteiger partial charge on any atom is 0.270 e. The molecule has 110 valence electrons. The molecule has 1 amide bonds. The Morgan fingerprint density at radius 2 is 2.14 bits per heavy atom. The number of nitro groups is 1. The molecule has 0 bridgehead atoms. The van der Waals surface area contributed by atoms with Gasteiger partial charge in [-0.3, -0.25) is 14.9 Å². The van der Waals surface area contributed by atoms with Gasteiger partial charge in [-0.25, -0.2) is 0 Å². The molecule has 0 fully saturated rings. The molecule has 0 saturated heterocycles. The van der Waals surface area contributed by atoms with Gasteiger partial charge in [-0.2, -0.15) is 0 Å². The normalized spacial score (nSPS) is 12.0. The highest BCUT2D eigenvalue weighted by Gasteiger charge is 2.23. The van der Waals surface area contributed by atoms with Crippen LogP contribution in [0.5, 0.6) is 0 Å². The fourth-order valence-electron chi connectivity index (χ4n) is 1.88. The monoisotopic (exact) mass is 368 g/mol. The lowest BCUT2D eigenvalue weighted by Gasteiger charge is -2.24. The predicted octanol–water partition coefficient (Wildman–Crippen LogP) is 4.25. The summed E-state index contributed by atoms with van der Waals surface area (Å²) in [6, 6.07) is 7.98. The Kier molecular flexibility index (Phi) is 4.74. The third kappa shape index (κ3) is 3.30. The summed E-state index contributed by atoms with van der Waals surface area (Å²) < 4.78 is 0.545. The van der Waals surface area contributed by atoms with Crippen molar-refractivity contribution in [1.29, 1.82) is 0 Å². The zero-order valence-corrected chi connectivity index (χ0v) is 13.8. The van der Waals surface area contributed by atoms with Crippen LogP contribution in [-0.4, -0.2) is 22.8 Å². The van der Waals surface area contributed by atoms with E-state index in [4.69, 9.17) is 0 Å². The molecule has 0 N–H and O–H groups in total. The minimum absolute atomic E-state index is 0.0938. The van der Waals surface area contributed by atoms with Crippen LogP contribution >= 0.6 is 27.3 Å². The van der Waals surface area contributed by atoms with Crippen molar-refractivity contribution in [1.82, 2.24) is 4.90 Å². The largest absolute Gasteiger partial charge is 0.334 e. The molecule has 2 aromatic rings. The second kappa shape index (κ2) is 6.36. The SMILES string of the molecule is CC(c1cccs1)N(C)C(=O)c1cc([N+](=O)[O-])ccc1Br. The lowest BCUT2D eigenvalue weighted by Crippen LogP contribution is -2.29. The molecule has 1 aromatic heterocycles. The van der Waals surface area contributed by atoms with E-state index in [1.807, 2.05) is 24.4 Å². The van der Waals surface area contributed by atoms with Crippen LogP contribution in [0.4, 0.5) is 5.69 Å². The van der Waals surface area contributed by atoms with Crippen molar-refractivity contribution < 1.29 is 9.72 Å². The first kappa shape index (κ1) is 15.7. The average Bonchev–Trinajstić information content (AvgIpc) is 2.99. The highest BCUT2D eigenvalue weighted by molar-refractivity contribution is 9.10. The topological polar surface area (TPSA) is 63.5 Å². The van der Waals surface area contributed by atoms with E-state index in [1.54, 1.807) is 23.3 Å². The van der Waals surface area contributed by atoms with Crippen molar-refractivity contribution in [2.24, 2.45) is 0 Å². The molecule has 21 heavy (non-hydrogen) atoms. The summed E-state index contributed by atoms with van der Waals surface area (Å²) in [7, 11) is 1.69. The number of benzene rings is 1. The maximum atomic E-state index is 12.6. The molecule has 1 heterocycles. The van der Waals surface area contributed by atoms with E-state index in [0.29, 0.717) is 4.47 Å². The fraction of sp³-hybridized carbons (Fsp3) is 0.214. The Balaban J connectivity index is 2.31. The number of non-ortho nitro benzene ring substituents is 1. The molecule has 0 aliphatic heterocycles. The van der Waals surface area contributed by atoms with Gasteiger partial charge < -0.3 is 4.90 Å². The molecule has 5 nitrogen and oxygen atoms in total. The zero-order valence-electron chi connectivity index (χ0n) is 11.4. The highest BCUT2D eigenvalue weighted by atomic mass is 79.9. The van der Waals surface area contributed by atoms with Crippen molar-refractivity contribution in [2.75, 3.05) is 7.05 Å². The van der Waals surface area contributed by atoms with Crippen molar-refractivity contribution >= 4 is 38.9 Å². The lowest BCUT2D eigenvalue weighted by atomic mass is 10.1. The van der Waals surface area contributed by atoms with Gasteiger partial charge in [0.1, 0.15) is 0 Å². The number of hydrogen-bond acceptors (Lipinski definition) is 4. The predicted molar refractivity (Wildman–Crippen MR) is 85.6 cm³/mol. The van der Waals surface area contributed by atoms with E-state index in [2.05, 4.69) is 15.9 Å². The van der Waals surface area contributed by atoms with Crippen LogP contribution in [0.25, 0.3) is 0 Å². The number of nitro benzene ring substituents is 1. The number of carbonyl (C=O) groups excluding carboxylic acids is 1. The van der Waals surface area contributed by atoms with Crippen LogP contribution < -0.4 is 0 Å². The van der Waals surface area contributed by atoms with Gasteiger partial charge >= 0.3 is 0 Å². The summed E-state index contributed by atoms with van der Waals surface area (Å²) in [5.74, 6) is -0.258. The highest BCUT2D eigenvalue weighted by Crippen LogP contribution is 2.28. The van der Waals surface area contributed by atoms with Gasteiger partial charge in [-0.15, -0.1) is 11.3 Å². The Bertz CT molecular complexity index is 673. The molecule has 0 spiro atoms. The maximum absolute atomic E-state index is 12.6. The molecule has 1 unspecified atom stereocenters. The Morgan fingerprint density at radius 1 is 1.43 bits per heavy atom. The van der Waals surface area contributed by atoms with Gasteiger partial charge in [-0.05, 0) is 40.4 Å². The quantitative estimate of drug-likeness (QED) is 0.598. The summed E-state index contributed by atoms with van der Waals surface area (Å²) in [5.41, 5.74) is 0.189. The summed E-state index contributed by atoms with van der Waals surface area (Å²) >= 11 is 4.85. The Labute approximate surface area is 134 Å². The molecular weight excluding hydrogens is 356 g/mol. The van der Waals surface area contributed by atoms with Crippen LogP contribution in [0.15, 0.2) is 40.2 Å². The summed E-state index contributed by atoms with van der Waals surface area (Å²) in [5, 5.41) is 12.8. The van der Waals surface area contributed by atoms with Crippen LogP contribution in [-0.2, 0) is 0 Å². The van der Waals surface area contributed by atoms with Gasteiger partial charge in [-0.1, -0.05) is 6.07 Å². The first-order valence-corrected chi connectivity index (χ1v) is 7.83. The van der Waals surface area contributed by atoms with E-state index in [1.165, 1.54) is 18.2 Å². The second-order valence-corrected chi connectivity index (χ2v) is 6.36. The number of carbonyl (C=O) groups is 1. The van der Waals surface area contributed by atoms with Crippen molar-refractivity contribution in [2.45, 2.75) is 13.0 Å². The standard InChI is InChI=1S/C14H13BrN2O3S/c1-9(13-4-3-7-21-13)16(2)14(18)11-8-10(17(19)20)5-6-12(11)15/h3-9H,1-2H3. The summed E-state index contributed by atoms with van der Waals surface area (Å²) in [4.78, 5) is 25.5. The first-order chi connectivity index (χ1) is 9.91. The molecule has 0 aliphatic rings. The van der Waals surface area contributed by atoms with Gasteiger partial charge in [0.05, 0.1) is 16.5 Å². The smallest absolute Gasteiger partial charge is 0.270 e. The number of thiophene rings is 1. The number of amides is 1. The van der Waals surface area contributed by atoms with E-state index in [9.17, 15) is 14.9 Å². The Hall–Kier alpha value is -1.73. The first-order valence-electron chi connectivity index (χ1n) is 6.16. The fourth-order valence-corrected chi connectivity index (χ4v) is 3.12. The van der Waals surface area contributed by atoms with Gasteiger partial charge in [0, 0.05) is 28.5 Å². The summed E-state index contributed by atoms with van der Waals surface area (Å²) in [6.45, 7) is 1.93. The Morgan fingerprint density at radius 3 is 2.71 bits per heavy atom. The number of nitrogens with zero attached hydrogens (tertiary/aromatic N) is 2. The van der Waals surface area contributed by atoms with Crippen molar-refractivity contribution in [3.8, 4) is 0 Å². The van der Waals surface area contributed by atoms with Gasteiger partial charge in [0.25, 0.3) is 11.6 Å². The van der Waals surface area contributed by atoms with Crippen LogP contribution in [0.2, 0.25) is 0 Å². The summed E-state index contributed by atoms with van der Waals surface area (Å²) in [6.07, 6.45) is 0. The van der Waals surface area contributed by atoms with E-state index in [0.717, 1.165) is 4.88 Å². The van der Waals surface area contributed by atoms with E-state index >= 15 is 0 Å². The minimum atomic E-state index is -0.508. The minimum Gasteiger partial charge on any atom is -0.334 e. The number of hydrogen-bond donors (Lipinski definition) is 0. The molecule has 0 saturated carbocycles. The zero-order chi connectivity index (χ0) is 15.6. The van der Waals surface area contributed by atoms with Gasteiger partial charge in [0.2, 0.25) is 0 Å². The number of rotatable bonds is 4. The molecule has 1 aromatic carbocycles. The van der Waals surface area contributed by atoms with Crippen LogP contribution in [0, 0.1) is 10.1 Å². The third-order valence-electron chi connectivity index (χ3n) is 3.25. The number of halogens is 1. The van der Waals surface area contributed by atoms with Gasteiger partial charge in [0.15, 0.2) is 0 Å². The van der Waals surface area contributed by atoms with Crippen molar-refractivity contribution in [3.63, 3.8) is 0 Å². The lowest BCUT2D eigenvalue weighted by molar-refractivity contribution is -0.384. The molecule has 0 aliphatic carbocycles. The molecule has 2 rings (SSSR count). The van der Waals surface area contributed by atoms with E-state index < -0.39 is 4.92 Å².